The fourth-order valence-corrected chi connectivity index (χ4v) is 3.76. The minimum absolute atomic E-state index is 0.270. The molecule has 0 unspecified atom stereocenters. The first-order valence-corrected chi connectivity index (χ1v) is 8.36. The van der Waals surface area contributed by atoms with Crippen molar-refractivity contribution in [2.75, 3.05) is 6.79 Å². The van der Waals surface area contributed by atoms with Crippen molar-refractivity contribution in [3.8, 4) is 5.75 Å². The van der Waals surface area contributed by atoms with Crippen LogP contribution in [0, 0.1) is 0 Å². The highest BCUT2D eigenvalue weighted by Crippen LogP contribution is 2.36. The molecular weight excluding hydrogens is 336 g/mol. The van der Waals surface area contributed by atoms with Gasteiger partial charge < -0.3 is 9.47 Å². The molecule has 1 aliphatic heterocycles. The van der Waals surface area contributed by atoms with Crippen molar-refractivity contribution < 1.29 is 9.47 Å². The van der Waals surface area contributed by atoms with Crippen molar-refractivity contribution in [1.29, 1.82) is 0 Å². The fourth-order valence-electron chi connectivity index (χ4n) is 2.57. The molecule has 0 aliphatic carbocycles. The Balaban J connectivity index is 1.65. The van der Waals surface area contributed by atoms with Crippen LogP contribution in [0.15, 0.2) is 29.7 Å². The second-order valence-corrected chi connectivity index (χ2v) is 6.54. The summed E-state index contributed by atoms with van der Waals surface area (Å²) in [5.74, 6) is 1.56. The zero-order chi connectivity index (χ0) is 15.8. The monoisotopic (exact) mass is 348 g/mol. The third kappa shape index (κ3) is 2.75. The molecular formula is C15H13ClN4O2S. The minimum Gasteiger partial charge on any atom is -0.467 e. The lowest BCUT2D eigenvalue weighted by atomic mass is 10.1. The van der Waals surface area contributed by atoms with Crippen LogP contribution in [0.5, 0.6) is 5.75 Å². The number of thioether (sulfide) groups is 1. The molecule has 0 fully saturated rings. The third-order valence-corrected chi connectivity index (χ3v) is 4.88. The number of hydrogen-bond donors (Lipinski definition) is 0. The van der Waals surface area contributed by atoms with E-state index in [1.54, 1.807) is 29.0 Å². The van der Waals surface area contributed by atoms with Gasteiger partial charge in [0.2, 0.25) is 0 Å². The summed E-state index contributed by atoms with van der Waals surface area (Å²) in [6, 6.07) is 3.81. The Kier molecular flexibility index (Phi) is 3.84. The summed E-state index contributed by atoms with van der Waals surface area (Å²) in [5.41, 5.74) is 2.84. The van der Waals surface area contributed by atoms with Gasteiger partial charge in [0.15, 0.2) is 12.4 Å². The zero-order valence-corrected chi connectivity index (χ0v) is 13.9. The summed E-state index contributed by atoms with van der Waals surface area (Å²) >= 11 is 7.82. The molecule has 6 nitrogen and oxygen atoms in total. The highest BCUT2D eigenvalue weighted by Gasteiger charge is 2.17. The van der Waals surface area contributed by atoms with Crippen LogP contribution in [0.2, 0.25) is 5.02 Å². The van der Waals surface area contributed by atoms with Crippen LogP contribution in [0.1, 0.15) is 11.1 Å². The minimum atomic E-state index is 0.270. The molecule has 0 radical (unpaired) electrons. The number of ether oxygens (including phenoxy) is 2. The molecule has 8 heteroatoms. The topological polar surface area (TPSA) is 62.1 Å². The lowest BCUT2D eigenvalue weighted by Crippen LogP contribution is -2.13. The molecule has 0 saturated heterocycles. The Morgan fingerprint density at radius 2 is 2.26 bits per heavy atom. The number of nitrogens with zero attached hydrogens (tertiary/aromatic N) is 4. The number of fused-ring (bicyclic) bond motifs is 2. The molecule has 3 aromatic rings. The third-order valence-electron chi connectivity index (χ3n) is 3.61. The number of rotatable bonds is 3. The standard InChI is InChI=1S/C15H13ClN4O2S/c1-20-14-12(4-19-20)15(18-7-17-14)23-6-10-3-11(16)2-9-5-21-8-22-13(9)10/h2-4,7H,5-6,8H2,1H3. The number of aromatic nitrogens is 4. The van der Waals surface area contributed by atoms with Gasteiger partial charge in [0.1, 0.15) is 17.1 Å². The number of aryl methyl sites for hydroxylation is 1. The van der Waals surface area contributed by atoms with Gasteiger partial charge in [0.25, 0.3) is 0 Å². The highest BCUT2D eigenvalue weighted by molar-refractivity contribution is 7.98. The van der Waals surface area contributed by atoms with Gasteiger partial charge in [-0.1, -0.05) is 11.6 Å². The second kappa shape index (κ2) is 5.99. The van der Waals surface area contributed by atoms with Gasteiger partial charge in [-0.05, 0) is 12.1 Å². The Morgan fingerprint density at radius 3 is 3.17 bits per heavy atom. The molecule has 4 rings (SSSR count). The molecule has 0 amide bonds. The van der Waals surface area contributed by atoms with Gasteiger partial charge in [-0.3, -0.25) is 4.68 Å². The first kappa shape index (κ1) is 14.7. The average Bonchev–Trinajstić information content (AvgIpc) is 2.94. The van der Waals surface area contributed by atoms with Crippen LogP contribution in [0.3, 0.4) is 0 Å². The normalized spacial score (nSPS) is 13.8. The summed E-state index contributed by atoms with van der Waals surface area (Å²) in [6.45, 7) is 0.792. The summed E-state index contributed by atoms with van der Waals surface area (Å²) in [6.07, 6.45) is 3.35. The lowest BCUT2D eigenvalue weighted by molar-refractivity contribution is -0.0168. The Labute approximate surface area is 141 Å². The lowest BCUT2D eigenvalue weighted by Gasteiger charge is -2.21. The van der Waals surface area contributed by atoms with E-state index in [2.05, 4.69) is 15.1 Å². The van der Waals surface area contributed by atoms with Crippen molar-refractivity contribution >= 4 is 34.4 Å². The first-order valence-electron chi connectivity index (χ1n) is 7.00. The van der Waals surface area contributed by atoms with Crippen LogP contribution in [-0.4, -0.2) is 26.5 Å². The predicted molar refractivity (Wildman–Crippen MR) is 87.6 cm³/mol. The van der Waals surface area contributed by atoms with Gasteiger partial charge in [-0.2, -0.15) is 5.10 Å². The smallest absolute Gasteiger partial charge is 0.189 e. The van der Waals surface area contributed by atoms with E-state index >= 15 is 0 Å². The van der Waals surface area contributed by atoms with E-state index in [0.29, 0.717) is 17.4 Å². The summed E-state index contributed by atoms with van der Waals surface area (Å²) in [7, 11) is 1.87. The SMILES string of the molecule is Cn1ncc2c(SCc3cc(Cl)cc4c3OCOC4)ncnc21. The number of halogens is 1. The van der Waals surface area contributed by atoms with E-state index in [-0.39, 0.29) is 6.79 Å². The van der Waals surface area contributed by atoms with E-state index in [0.717, 1.165) is 32.9 Å². The van der Waals surface area contributed by atoms with Crippen molar-refractivity contribution in [2.24, 2.45) is 7.05 Å². The highest BCUT2D eigenvalue weighted by atomic mass is 35.5. The molecule has 0 spiro atoms. The van der Waals surface area contributed by atoms with Crippen LogP contribution in [0.25, 0.3) is 11.0 Å². The van der Waals surface area contributed by atoms with E-state index in [1.807, 2.05) is 19.2 Å². The van der Waals surface area contributed by atoms with E-state index in [9.17, 15) is 0 Å². The second-order valence-electron chi connectivity index (χ2n) is 5.14. The zero-order valence-electron chi connectivity index (χ0n) is 12.3. The predicted octanol–water partition coefficient (Wildman–Crippen LogP) is 3.18. The van der Waals surface area contributed by atoms with Crippen LogP contribution in [0.4, 0.5) is 0 Å². The van der Waals surface area contributed by atoms with Crippen molar-refractivity contribution in [3.63, 3.8) is 0 Å². The fraction of sp³-hybridized carbons (Fsp3) is 0.267. The molecule has 118 valence electrons. The van der Waals surface area contributed by atoms with Gasteiger partial charge in [0, 0.05) is 29.0 Å². The number of hydrogen-bond acceptors (Lipinski definition) is 6. The van der Waals surface area contributed by atoms with Gasteiger partial charge in [0.05, 0.1) is 18.2 Å². The molecule has 3 heterocycles. The first-order chi connectivity index (χ1) is 11.2. The van der Waals surface area contributed by atoms with Gasteiger partial charge in [-0.15, -0.1) is 11.8 Å². The maximum atomic E-state index is 6.20. The summed E-state index contributed by atoms with van der Waals surface area (Å²) in [4.78, 5) is 8.62. The summed E-state index contributed by atoms with van der Waals surface area (Å²) in [5, 5.41) is 6.75. The van der Waals surface area contributed by atoms with Crippen LogP contribution in [-0.2, 0) is 24.1 Å². The van der Waals surface area contributed by atoms with Crippen LogP contribution >= 0.6 is 23.4 Å². The Bertz CT molecular complexity index is 883. The van der Waals surface area contributed by atoms with Crippen LogP contribution < -0.4 is 4.74 Å². The molecule has 1 aliphatic rings. The summed E-state index contributed by atoms with van der Waals surface area (Å²) < 4.78 is 12.7. The average molecular weight is 349 g/mol. The maximum Gasteiger partial charge on any atom is 0.189 e. The van der Waals surface area contributed by atoms with Crippen molar-refractivity contribution in [3.05, 3.63) is 40.8 Å². The molecule has 0 N–H and O–H groups in total. The Hall–Kier alpha value is -1.83. The quantitative estimate of drug-likeness (QED) is 0.535. The van der Waals surface area contributed by atoms with Crippen molar-refractivity contribution in [1.82, 2.24) is 19.7 Å². The van der Waals surface area contributed by atoms with Gasteiger partial charge >= 0.3 is 0 Å². The molecule has 2 aromatic heterocycles. The molecule has 0 saturated carbocycles. The van der Waals surface area contributed by atoms with Gasteiger partial charge in [-0.25, -0.2) is 9.97 Å². The molecule has 23 heavy (non-hydrogen) atoms. The van der Waals surface area contributed by atoms with E-state index < -0.39 is 0 Å². The van der Waals surface area contributed by atoms with E-state index in [1.165, 1.54) is 0 Å². The molecule has 1 aromatic carbocycles. The maximum absolute atomic E-state index is 6.20. The molecule has 0 atom stereocenters. The molecule has 0 bridgehead atoms. The van der Waals surface area contributed by atoms with Crippen molar-refractivity contribution in [2.45, 2.75) is 17.4 Å². The Morgan fingerprint density at radius 1 is 1.35 bits per heavy atom. The number of benzene rings is 1. The largest absolute Gasteiger partial charge is 0.467 e. The van der Waals surface area contributed by atoms with E-state index in [4.69, 9.17) is 21.1 Å².